The molecule has 0 saturated carbocycles. The van der Waals surface area contributed by atoms with Gasteiger partial charge < -0.3 is 9.84 Å². The summed E-state index contributed by atoms with van der Waals surface area (Å²) in [4.78, 5) is 12.2. The summed E-state index contributed by atoms with van der Waals surface area (Å²) < 4.78 is 5.72. The lowest BCUT2D eigenvalue weighted by molar-refractivity contribution is -0.127. The van der Waals surface area contributed by atoms with E-state index in [1.165, 1.54) is 0 Å². The van der Waals surface area contributed by atoms with Gasteiger partial charge in [-0.1, -0.05) is 30.3 Å². The van der Waals surface area contributed by atoms with Crippen LogP contribution in [-0.4, -0.2) is 22.8 Å². The summed E-state index contributed by atoms with van der Waals surface area (Å²) in [7, 11) is 0. The van der Waals surface area contributed by atoms with E-state index in [9.17, 15) is 9.90 Å². The highest BCUT2D eigenvalue weighted by Gasteiger charge is 2.14. The van der Waals surface area contributed by atoms with Crippen LogP contribution in [0.4, 0.5) is 0 Å². The summed E-state index contributed by atoms with van der Waals surface area (Å²) in [6, 6.07) is 20.3. The zero-order chi connectivity index (χ0) is 18.5. The Bertz CT molecular complexity index is 949. The van der Waals surface area contributed by atoms with Gasteiger partial charge >= 0.3 is 0 Å². The zero-order valence-corrected chi connectivity index (χ0v) is 14.6. The van der Waals surface area contributed by atoms with Crippen molar-refractivity contribution in [2.45, 2.75) is 20.0 Å². The van der Waals surface area contributed by atoms with Crippen LogP contribution in [0.1, 0.15) is 19.4 Å². The lowest BCUT2D eigenvalue weighted by atomic mass is 10.1. The first-order valence-corrected chi connectivity index (χ1v) is 8.32. The molecule has 0 spiro atoms. The Hall–Kier alpha value is -3.34. The smallest absolute Gasteiger partial charge is 0.280 e. The number of benzene rings is 3. The third-order valence-corrected chi connectivity index (χ3v) is 4.02. The van der Waals surface area contributed by atoms with Crippen molar-refractivity contribution < 1.29 is 14.6 Å². The maximum atomic E-state index is 12.2. The van der Waals surface area contributed by atoms with Crippen molar-refractivity contribution in [3.8, 4) is 11.5 Å². The number of nitrogens with one attached hydrogen (secondary N) is 1. The number of carbonyl (C=O) groups excluding carboxylic acids is 1. The fourth-order valence-corrected chi connectivity index (χ4v) is 2.50. The maximum absolute atomic E-state index is 12.2. The molecule has 0 aliphatic rings. The standard InChI is InChI=1S/C21H20N2O3/c1-14(16-7-10-19(24)11-8-16)22-23-21(25)15(2)26-20-12-9-17-5-3-4-6-18(17)13-20/h3-13,15,24H,1-2H3,(H,23,25)/b22-14+/t15-/m1/s1. The first-order valence-electron chi connectivity index (χ1n) is 8.32. The predicted octanol–water partition coefficient (Wildman–Crippen LogP) is 3.85. The van der Waals surface area contributed by atoms with Crippen LogP contribution >= 0.6 is 0 Å². The van der Waals surface area contributed by atoms with Gasteiger partial charge in [-0.05, 0) is 66.6 Å². The maximum Gasteiger partial charge on any atom is 0.280 e. The van der Waals surface area contributed by atoms with Crippen LogP contribution in [0.25, 0.3) is 10.8 Å². The number of fused-ring (bicyclic) bond motifs is 1. The van der Waals surface area contributed by atoms with Crippen LogP contribution in [0, 0.1) is 0 Å². The molecule has 0 saturated heterocycles. The fourth-order valence-electron chi connectivity index (χ4n) is 2.50. The molecule has 0 radical (unpaired) electrons. The molecule has 26 heavy (non-hydrogen) atoms. The summed E-state index contributed by atoms with van der Waals surface area (Å²) in [5.41, 5.74) is 3.96. The van der Waals surface area contributed by atoms with Gasteiger partial charge in [-0.3, -0.25) is 4.79 Å². The van der Waals surface area contributed by atoms with Crippen molar-refractivity contribution in [3.63, 3.8) is 0 Å². The number of hydrazone groups is 1. The van der Waals surface area contributed by atoms with Gasteiger partial charge in [0.2, 0.25) is 0 Å². The summed E-state index contributed by atoms with van der Waals surface area (Å²) >= 11 is 0. The SMILES string of the molecule is C/C(=N\NC(=O)[C@@H](C)Oc1ccc2ccccc2c1)c1ccc(O)cc1. The Morgan fingerprint density at radius 1 is 1.04 bits per heavy atom. The third kappa shape index (κ3) is 4.19. The second kappa shape index (κ2) is 7.70. The average molecular weight is 348 g/mol. The van der Waals surface area contributed by atoms with Crippen LogP contribution in [0.15, 0.2) is 71.8 Å². The predicted molar refractivity (Wildman–Crippen MR) is 102 cm³/mol. The Balaban J connectivity index is 1.63. The summed E-state index contributed by atoms with van der Waals surface area (Å²) in [5, 5.41) is 15.6. The Kier molecular flexibility index (Phi) is 5.17. The molecule has 3 aromatic carbocycles. The molecule has 5 heteroatoms. The van der Waals surface area contributed by atoms with Gasteiger partial charge in [-0.15, -0.1) is 0 Å². The quantitative estimate of drug-likeness (QED) is 0.543. The molecular formula is C21H20N2O3. The molecule has 0 unspecified atom stereocenters. The van der Waals surface area contributed by atoms with Crippen molar-refractivity contribution in [1.29, 1.82) is 0 Å². The van der Waals surface area contributed by atoms with Crippen molar-refractivity contribution >= 4 is 22.4 Å². The van der Waals surface area contributed by atoms with E-state index >= 15 is 0 Å². The van der Waals surface area contributed by atoms with Crippen LogP contribution in [0.3, 0.4) is 0 Å². The van der Waals surface area contributed by atoms with E-state index in [1.54, 1.807) is 38.1 Å². The van der Waals surface area contributed by atoms with E-state index < -0.39 is 6.10 Å². The monoisotopic (exact) mass is 348 g/mol. The van der Waals surface area contributed by atoms with E-state index in [1.807, 2.05) is 42.5 Å². The van der Waals surface area contributed by atoms with Gasteiger partial charge in [-0.2, -0.15) is 5.10 Å². The van der Waals surface area contributed by atoms with Crippen molar-refractivity contribution in [3.05, 3.63) is 72.3 Å². The second-order valence-corrected chi connectivity index (χ2v) is 5.99. The number of hydrogen-bond donors (Lipinski definition) is 2. The molecule has 0 bridgehead atoms. The Morgan fingerprint density at radius 2 is 1.73 bits per heavy atom. The molecule has 2 N–H and O–H groups in total. The average Bonchev–Trinajstić information content (AvgIpc) is 2.66. The largest absolute Gasteiger partial charge is 0.508 e. The number of rotatable bonds is 5. The van der Waals surface area contributed by atoms with E-state index in [0.717, 1.165) is 16.3 Å². The minimum Gasteiger partial charge on any atom is -0.508 e. The highest BCUT2D eigenvalue weighted by atomic mass is 16.5. The molecule has 0 aliphatic carbocycles. The molecule has 5 nitrogen and oxygen atoms in total. The minimum atomic E-state index is -0.687. The molecule has 3 aromatic rings. The topological polar surface area (TPSA) is 70.9 Å². The van der Waals surface area contributed by atoms with Gasteiger partial charge in [0.1, 0.15) is 11.5 Å². The van der Waals surface area contributed by atoms with Gasteiger partial charge in [0, 0.05) is 0 Å². The van der Waals surface area contributed by atoms with Crippen molar-refractivity contribution in [2.75, 3.05) is 0 Å². The first kappa shape index (κ1) is 17.5. The number of ether oxygens (including phenoxy) is 1. The number of carbonyl (C=O) groups is 1. The summed E-state index contributed by atoms with van der Waals surface area (Å²) in [6.07, 6.45) is -0.687. The lowest BCUT2D eigenvalue weighted by Gasteiger charge is -2.14. The summed E-state index contributed by atoms with van der Waals surface area (Å²) in [5.74, 6) is 0.477. The minimum absolute atomic E-state index is 0.183. The number of phenols is 1. The second-order valence-electron chi connectivity index (χ2n) is 5.99. The molecular weight excluding hydrogens is 328 g/mol. The lowest BCUT2D eigenvalue weighted by Crippen LogP contribution is -2.33. The molecule has 0 aliphatic heterocycles. The van der Waals surface area contributed by atoms with E-state index in [0.29, 0.717) is 11.5 Å². The molecule has 132 valence electrons. The van der Waals surface area contributed by atoms with Gasteiger partial charge in [0.25, 0.3) is 5.91 Å². The van der Waals surface area contributed by atoms with E-state index in [4.69, 9.17) is 4.74 Å². The Labute approximate surface area is 151 Å². The molecule has 0 aromatic heterocycles. The number of phenolic OH excluding ortho intramolecular Hbond substituents is 1. The fraction of sp³-hybridized carbons (Fsp3) is 0.143. The van der Waals surface area contributed by atoms with Crippen LogP contribution in [0.2, 0.25) is 0 Å². The van der Waals surface area contributed by atoms with Crippen molar-refractivity contribution in [1.82, 2.24) is 5.43 Å². The molecule has 0 heterocycles. The number of nitrogens with zero attached hydrogens (tertiary/aromatic N) is 1. The number of aromatic hydroxyl groups is 1. The first-order chi connectivity index (χ1) is 12.5. The molecule has 1 atom stereocenters. The summed E-state index contributed by atoms with van der Waals surface area (Å²) in [6.45, 7) is 3.46. The zero-order valence-electron chi connectivity index (χ0n) is 14.6. The third-order valence-electron chi connectivity index (χ3n) is 4.02. The normalized spacial score (nSPS) is 12.6. The number of amides is 1. The highest BCUT2D eigenvalue weighted by Crippen LogP contribution is 2.21. The van der Waals surface area contributed by atoms with Gasteiger partial charge in [0.15, 0.2) is 6.10 Å². The van der Waals surface area contributed by atoms with Crippen LogP contribution in [-0.2, 0) is 4.79 Å². The van der Waals surface area contributed by atoms with Crippen LogP contribution in [0.5, 0.6) is 11.5 Å². The van der Waals surface area contributed by atoms with E-state index in [-0.39, 0.29) is 11.7 Å². The molecule has 0 fully saturated rings. The molecule has 3 rings (SSSR count). The molecule has 1 amide bonds. The number of hydrogen-bond acceptors (Lipinski definition) is 4. The van der Waals surface area contributed by atoms with Gasteiger partial charge in [-0.25, -0.2) is 5.43 Å². The van der Waals surface area contributed by atoms with Crippen LogP contribution < -0.4 is 10.2 Å². The highest BCUT2D eigenvalue weighted by molar-refractivity contribution is 5.99. The van der Waals surface area contributed by atoms with Gasteiger partial charge in [0.05, 0.1) is 5.71 Å². The Morgan fingerprint density at radius 3 is 2.46 bits per heavy atom. The van der Waals surface area contributed by atoms with E-state index in [2.05, 4.69) is 10.5 Å². The van der Waals surface area contributed by atoms with Crippen molar-refractivity contribution in [2.24, 2.45) is 5.10 Å².